The number of sulfonamides is 1. The zero-order valence-corrected chi connectivity index (χ0v) is 16.9. The van der Waals surface area contributed by atoms with Crippen LogP contribution in [0, 0.1) is 23.0 Å². The summed E-state index contributed by atoms with van der Waals surface area (Å²) in [6.45, 7) is 2.20. The second-order valence-electron chi connectivity index (χ2n) is 6.60. The number of carbonyl (C=O) groups excluding carboxylic acids is 1. The lowest BCUT2D eigenvalue weighted by molar-refractivity contribution is -0.384. The van der Waals surface area contributed by atoms with E-state index in [1.165, 1.54) is 33.8 Å². The van der Waals surface area contributed by atoms with Crippen LogP contribution in [0.4, 0.5) is 5.69 Å². The minimum Gasteiger partial charge on any atom is -0.461 e. The monoisotopic (exact) mass is 424 g/mol. The van der Waals surface area contributed by atoms with Gasteiger partial charge in [0.1, 0.15) is 10.8 Å². The number of nitro groups is 1. The number of rotatable bonds is 6. The molecule has 10 heteroatoms. The summed E-state index contributed by atoms with van der Waals surface area (Å²) in [5, 5.41) is 10.8. The number of hydrogen-bond donors (Lipinski definition) is 0. The van der Waals surface area contributed by atoms with Gasteiger partial charge in [0.15, 0.2) is 0 Å². The maximum Gasteiger partial charge on any atom is 0.310 e. The lowest BCUT2D eigenvalue weighted by Crippen LogP contribution is -2.42. The smallest absolute Gasteiger partial charge is 0.310 e. The van der Waals surface area contributed by atoms with Crippen molar-refractivity contribution in [2.75, 3.05) is 13.1 Å². The SMILES string of the molecule is Cc1ccc(S(=O)(=O)N2CCCC(C(=O)OCc3cccc([N+](=O)[O-])c3)C2)s1. The maximum atomic E-state index is 12.8. The summed E-state index contributed by atoms with van der Waals surface area (Å²) in [6, 6.07) is 9.22. The molecule has 0 spiro atoms. The fraction of sp³-hybridized carbons (Fsp3) is 0.389. The lowest BCUT2D eigenvalue weighted by atomic mass is 10.00. The summed E-state index contributed by atoms with van der Waals surface area (Å²) in [5.41, 5.74) is 0.437. The molecule has 1 atom stereocenters. The number of esters is 1. The Hall–Kier alpha value is -2.30. The van der Waals surface area contributed by atoms with Crippen molar-refractivity contribution in [1.29, 1.82) is 0 Å². The first-order chi connectivity index (χ1) is 13.3. The summed E-state index contributed by atoms with van der Waals surface area (Å²) in [6.07, 6.45) is 1.11. The standard InChI is InChI=1S/C18H20N2O6S2/c1-13-7-8-17(27-13)28(24,25)19-9-3-5-15(11-19)18(21)26-12-14-4-2-6-16(10-14)20(22)23/h2,4,6-8,10,15H,3,5,9,11-12H2,1H3. The molecule has 1 fully saturated rings. The molecule has 1 aliphatic heterocycles. The zero-order chi connectivity index (χ0) is 20.3. The molecule has 28 heavy (non-hydrogen) atoms. The van der Waals surface area contributed by atoms with Gasteiger partial charge in [-0.1, -0.05) is 12.1 Å². The first kappa shape index (κ1) is 20.4. The second kappa shape index (κ2) is 8.38. The van der Waals surface area contributed by atoms with Crippen LogP contribution < -0.4 is 0 Å². The molecule has 0 aliphatic carbocycles. The number of nitro benzene ring substituents is 1. The van der Waals surface area contributed by atoms with Crippen LogP contribution in [0.1, 0.15) is 23.3 Å². The van der Waals surface area contributed by atoms with Gasteiger partial charge in [0, 0.05) is 30.1 Å². The summed E-state index contributed by atoms with van der Waals surface area (Å²) < 4.78 is 32.4. The van der Waals surface area contributed by atoms with E-state index in [4.69, 9.17) is 4.74 Å². The number of thiophene rings is 1. The van der Waals surface area contributed by atoms with E-state index in [0.717, 1.165) is 4.88 Å². The highest BCUT2D eigenvalue weighted by Gasteiger charge is 2.34. The van der Waals surface area contributed by atoms with Gasteiger partial charge in [-0.3, -0.25) is 14.9 Å². The minimum absolute atomic E-state index is 0.0743. The van der Waals surface area contributed by atoms with Gasteiger partial charge in [-0.15, -0.1) is 11.3 Å². The third-order valence-corrected chi connectivity index (χ3v) is 7.86. The molecule has 3 rings (SSSR count). The zero-order valence-electron chi connectivity index (χ0n) is 15.2. The van der Waals surface area contributed by atoms with Gasteiger partial charge in [0.25, 0.3) is 15.7 Å². The molecule has 0 saturated carbocycles. The summed E-state index contributed by atoms with van der Waals surface area (Å²) >= 11 is 1.21. The number of piperidine rings is 1. The van der Waals surface area contributed by atoms with E-state index in [2.05, 4.69) is 0 Å². The van der Waals surface area contributed by atoms with Crippen molar-refractivity contribution < 1.29 is 22.9 Å². The van der Waals surface area contributed by atoms with Crippen molar-refractivity contribution in [3.8, 4) is 0 Å². The van der Waals surface area contributed by atoms with Crippen molar-refractivity contribution in [3.63, 3.8) is 0 Å². The molecule has 150 valence electrons. The average molecular weight is 425 g/mol. The Labute approximate surface area is 166 Å². The van der Waals surface area contributed by atoms with Crippen LogP contribution >= 0.6 is 11.3 Å². The van der Waals surface area contributed by atoms with E-state index in [9.17, 15) is 23.3 Å². The molecule has 0 bridgehead atoms. The molecule has 8 nitrogen and oxygen atoms in total. The molecule has 2 aromatic rings. The van der Waals surface area contributed by atoms with Crippen molar-refractivity contribution in [2.45, 2.75) is 30.6 Å². The van der Waals surface area contributed by atoms with Gasteiger partial charge < -0.3 is 4.74 Å². The normalized spacial score (nSPS) is 18.0. The van der Waals surface area contributed by atoms with Crippen LogP contribution in [0.2, 0.25) is 0 Å². The predicted molar refractivity (Wildman–Crippen MR) is 103 cm³/mol. The molecule has 0 N–H and O–H groups in total. The summed E-state index contributed by atoms with van der Waals surface area (Å²) in [4.78, 5) is 23.6. The molecule has 1 unspecified atom stereocenters. The molecule has 1 aliphatic rings. The first-order valence-corrected chi connectivity index (χ1v) is 11.0. The Morgan fingerprint density at radius 1 is 1.36 bits per heavy atom. The number of nitrogens with zero attached hydrogens (tertiary/aromatic N) is 2. The highest BCUT2D eigenvalue weighted by molar-refractivity contribution is 7.91. The summed E-state index contributed by atoms with van der Waals surface area (Å²) in [5.74, 6) is -1.04. The third kappa shape index (κ3) is 4.57. The predicted octanol–water partition coefficient (Wildman–Crippen LogP) is 3.11. The van der Waals surface area contributed by atoms with Crippen molar-refractivity contribution in [1.82, 2.24) is 4.31 Å². The van der Waals surface area contributed by atoms with E-state index in [1.807, 2.05) is 6.92 Å². The van der Waals surface area contributed by atoms with Crippen LogP contribution in [-0.4, -0.2) is 36.7 Å². The van der Waals surface area contributed by atoms with Crippen LogP contribution in [0.5, 0.6) is 0 Å². The fourth-order valence-electron chi connectivity index (χ4n) is 3.06. The van der Waals surface area contributed by atoms with Crippen LogP contribution in [-0.2, 0) is 26.2 Å². The molecule has 1 aromatic heterocycles. The quantitative estimate of drug-likeness (QED) is 0.401. The van der Waals surface area contributed by atoms with Crippen LogP contribution in [0.3, 0.4) is 0 Å². The van der Waals surface area contributed by atoms with E-state index in [0.29, 0.717) is 24.9 Å². The molecule has 1 saturated heterocycles. The van der Waals surface area contributed by atoms with Gasteiger partial charge >= 0.3 is 5.97 Å². The topological polar surface area (TPSA) is 107 Å². The van der Waals surface area contributed by atoms with Gasteiger partial charge in [-0.25, -0.2) is 8.42 Å². The molecule has 2 heterocycles. The van der Waals surface area contributed by atoms with Gasteiger partial charge in [-0.2, -0.15) is 4.31 Å². The molecular weight excluding hydrogens is 404 g/mol. The highest BCUT2D eigenvalue weighted by atomic mass is 32.2. The molecule has 0 radical (unpaired) electrons. The maximum absolute atomic E-state index is 12.8. The lowest BCUT2D eigenvalue weighted by Gasteiger charge is -2.30. The first-order valence-electron chi connectivity index (χ1n) is 8.74. The Morgan fingerprint density at radius 3 is 2.82 bits per heavy atom. The number of ether oxygens (including phenoxy) is 1. The minimum atomic E-state index is -3.62. The molecule has 0 amide bonds. The molecule has 1 aromatic carbocycles. The summed E-state index contributed by atoms with van der Waals surface area (Å²) in [7, 11) is -3.62. The number of aryl methyl sites for hydroxylation is 1. The fourth-order valence-corrected chi connectivity index (χ4v) is 6.02. The second-order valence-corrected chi connectivity index (χ2v) is 10.1. The third-order valence-electron chi connectivity index (χ3n) is 4.53. The van der Waals surface area contributed by atoms with Crippen molar-refractivity contribution >= 4 is 33.0 Å². The van der Waals surface area contributed by atoms with Crippen LogP contribution in [0.25, 0.3) is 0 Å². The van der Waals surface area contributed by atoms with Gasteiger partial charge in [-0.05, 0) is 37.5 Å². The van der Waals surface area contributed by atoms with E-state index < -0.39 is 26.8 Å². The Balaban J connectivity index is 1.63. The molecular formula is C18H20N2O6S2. The number of hydrogen-bond acceptors (Lipinski definition) is 7. The van der Waals surface area contributed by atoms with E-state index >= 15 is 0 Å². The van der Waals surface area contributed by atoms with Crippen molar-refractivity contribution in [2.24, 2.45) is 5.92 Å². The average Bonchev–Trinajstić information content (AvgIpc) is 3.13. The van der Waals surface area contributed by atoms with Crippen LogP contribution in [0.15, 0.2) is 40.6 Å². The van der Waals surface area contributed by atoms with Gasteiger partial charge in [0.2, 0.25) is 0 Å². The van der Waals surface area contributed by atoms with E-state index in [1.54, 1.807) is 18.2 Å². The number of benzene rings is 1. The van der Waals surface area contributed by atoms with Gasteiger partial charge in [0.05, 0.1) is 10.8 Å². The van der Waals surface area contributed by atoms with E-state index in [-0.39, 0.29) is 23.0 Å². The highest BCUT2D eigenvalue weighted by Crippen LogP contribution is 2.28. The number of non-ortho nitro benzene ring substituents is 1. The largest absolute Gasteiger partial charge is 0.461 e. The van der Waals surface area contributed by atoms with Crippen molar-refractivity contribution in [3.05, 3.63) is 57.0 Å². The Bertz CT molecular complexity index is 985. The Morgan fingerprint density at radius 2 is 2.14 bits per heavy atom. The Kier molecular flexibility index (Phi) is 6.11. The number of carbonyl (C=O) groups is 1.